The molecule has 4 atom stereocenters. The first-order chi connectivity index (χ1) is 19.7. The quantitative estimate of drug-likeness (QED) is 0.219. The monoisotopic (exact) mass is 579 g/mol. The molecule has 1 aliphatic rings. The van der Waals surface area contributed by atoms with Crippen molar-refractivity contribution < 1.29 is 39.2 Å². The van der Waals surface area contributed by atoms with Crippen molar-refractivity contribution in [2.45, 2.75) is 56.3 Å². The Bertz CT molecular complexity index is 1330. The van der Waals surface area contributed by atoms with Gasteiger partial charge in [0, 0.05) is 35.1 Å². The third kappa shape index (κ3) is 8.40. The van der Waals surface area contributed by atoms with Crippen LogP contribution in [0.3, 0.4) is 0 Å². The lowest BCUT2D eigenvalue weighted by molar-refractivity contribution is -0.268. The maximum Gasteiger partial charge on any atom is 0.335 e. The summed E-state index contributed by atoms with van der Waals surface area (Å²) in [6, 6.07) is 22.0. The molecular formula is C31H33NO8S. The predicted octanol–water partition coefficient (Wildman–Crippen LogP) is 4.94. The lowest BCUT2D eigenvalue weighted by Gasteiger charge is -2.41. The van der Waals surface area contributed by atoms with Gasteiger partial charge in [0.1, 0.15) is 0 Å². The van der Waals surface area contributed by atoms with Crippen molar-refractivity contribution in [1.29, 1.82) is 0 Å². The number of carboxylic acid groups (broad SMARTS) is 2. The van der Waals surface area contributed by atoms with Crippen LogP contribution in [0.25, 0.3) is 0 Å². The average Bonchev–Trinajstić information content (AvgIpc) is 2.99. The van der Waals surface area contributed by atoms with Gasteiger partial charge < -0.3 is 30.1 Å². The fraction of sp³-hybridized carbons (Fsp3) is 0.323. The highest BCUT2D eigenvalue weighted by atomic mass is 32.2. The van der Waals surface area contributed by atoms with Crippen LogP contribution in [0, 0.1) is 5.92 Å². The molecule has 0 spiro atoms. The van der Waals surface area contributed by atoms with Crippen LogP contribution in [0.15, 0.2) is 77.7 Å². The smallest absolute Gasteiger partial charge is 0.335 e. The van der Waals surface area contributed by atoms with E-state index in [1.807, 2.05) is 48.5 Å². The van der Waals surface area contributed by atoms with E-state index < -0.39 is 18.2 Å². The molecule has 1 fully saturated rings. The number of benzene rings is 3. The first-order valence-electron chi connectivity index (χ1n) is 13.3. The van der Waals surface area contributed by atoms with Gasteiger partial charge in [-0.1, -0.05) is 55.5 Å². The zero-order valence-corrected chi connectivity index (χ0v) is 23.4. The number of carboxylic acids is 2. The van der Waals surface area contributed by atoms with Gasteiger partial charge in [-0.25, -0.2) is 4.79 Å². The topological polar surface area (TPSA) is 142 Å². The molecule has 4 unspecified atom stereocenters. The van der Waals surface area contributed by atoms with Crippen LogP contribution in [-0.4, -0.2) is 45.0 Å². The molecule has 0 bridgehead atoms. The van der Waals surface area contributed by atoms with E-state index in [4.69, 9.17) is 14.6 Å². The van der Waals surface area contributed by atoms with Crippen molar-refractivity contribution in [1.82, 2.24) is 5.32 Å². The number of aliphatic hydroxyl groups excluding tert-OH is 1. The molecule has 0 aromatic heterocycles. The van der Waals surface area contributed by atoms with Crippen LogP contribution in [-0.2, 0) is 32.2 Å². The number of carbonyl (C=O) groups excluding carboxylic acids is 1. The van der Waals surface area contributed by atoms with Gasteiger partial charge in [0.25, 0.3) is 0 Å². The number of aromatic carboxylic acids is 1. The van der Waals surface area contributed by atoms with Crippen molar-refractivity contribution >= 4 is 29.6 Å². The van der Waals surface area contributed by atoms with Gasteiger partial charge in [-0.2, -0.15) is 0 Å². The third-order valence-electron chi connectivity index (χ3n) is 6.95. The van der Waals surface area contributed by atoms with Gasteiger partial charge in [-0.15, -0.1) is 11.8 Å². The Morgan fingerprint density at radius 1 is 0.829 bits per heavy atom. The van der Waals surface area contributed by atoms with Crippen LogP contribution in [0.5, 0.6) is 0 Å². The lowest BCUT2D eigenvalue weighted by atomic mass is 9.91. The minimum absolute atomic E-state index is 0.00249. The summed E-state index contributed by atoms with van der Waals surface area (Å²) in [7, 11) is 0. The van der Waals surface area contributed by atoms with Gasteiger partial charge >= 0.3 is 11.9 Å². The molecule has 0 aliphatic carbocycles. The Morgan fingerprint density at radius 2 is 1.46 bits per heavy atom. The molecule has 3 aromatic rings. The number of rotatable bonds is 12. The minimum atomic E-state index is -1.01. The Labute approximate surface area is 242 Å². The SMILES string of the molecule is CC1C(CSc2ccc(C(=O)O)cc2)OC(c2ccc(CNC(=O)CCC(=O)O)cc2)OC1c1ccc(CO)cc1. The molecular weight excluding hydrogens is 546 g/mol. The second kappa shape index (κ2) is 14.3. The first kappa shape index (κ1) is 30.3. The number of amides is 1. The molecule has 10 heteroatoms. The van der Waals surface area contributed by atoms with Gasteiger partial charge in [-0.05, 0) is 41.0 Å². The van der Waals surface area contributed by atoms with Gasteiger partial charge in [0.05, 0.1) is 30.8 Å². The highest BCUT2D eigenvalue weighted by Crippen LogP contribution is 2.43. The number of thioether (sulfide) groups is 1. The summed E-state index contributed by atoms with van der Waals surface area (Å²) >= 11 is 1.59. The number of aliphatic carboxylic acids is 1. The number of nitrogens with one attached hydrogen (secondary N) is 1. The minimum Gasteiger partial charge on any atom is -0.481 e. The highest BCUT2D eigenvalue weighted by Gasteiger charge is 2.38. The van der Waals surface area contributed by atoms with E-state index in [-0.39, 0.29) is 55.6 Å². The largest absolute Gasteiger partial charge is 0.481 e. The molecule has 3 aromatic carbocycles. The van der Waals surface area contributed by atoms with Gasteiger partial charge in [0.15, 0.2) is 6.29 Å². The Kier molecular flexibility index (Phi) is 10.5. The molecule has 1 saturated heterocycles. The van der Waals surface area contributed by atoms with Crippen LogP contribution < -0.4 is 5.32 Å². The average molecular weight is 580 g/mol. The van der Waals surface area contributed by atoms with Gasteiger partial charge in [-0.3, -0.25) is 9.59 Å². The maximum atomic E-state index is 11.9. The summed E-state index contributed by atoms with van der Waals surface area (Å²) in [5.74, 6) is -1.68. The number of aliphatic hydroxyl groups is 1. The number of hydrogen-bond acceptors (Lipinski definition) is 7. The zero-order valence-electron chi connectivity index (χ0n) is 22.6. The van der Waals surface area contributed by atoms with Crippen LogP contribution in [0.4, 0.5) is 0 Å². The van der Waals surface area contributed by atoms with Crippen LogP contribution in [0.2, 0.25) is 0 Å². The molecule has 9 nitrogen and oxygen atoms in total. The van der Waals surface area contributed by atoms with Crippen molar-refractivity contribution in [3.63, 3.8) is 0 Å². The zero-order chi connectivity index (χ0) is 29.4. The van der Waals surface area contributed by atoms with Gasteiger partial charge in [0.2, 0.25) is 5.91 Å². The molecule has 1 heterocycles. The molecule has 4 rings (SSSR count). The Morgan fingerprint density at radius 3 is 2.07 bits per heavy atom. The number of ether oxygens (including phenoxy) is 2. The summed E-state index contributed by atoms with van der Waals surface area (Å²) < 4.78 is 12.9. The summed E-state index contributed by atoms with van der Waals surface area (Å²) in [5, 5.41) is 30.1. The number of hydrogen-bond donors (Lipinski definition) is 4. The van der Waals surface area contributed by atoms with Crippen molar-refractivity contribution in [3.8, 4) is 0 Å². The molecule has 216 valence electrons. The molecule has 1 aliphatic heterocycles. The highest BCUT2D eigenvalue weighted by molar-refractivity contribution is 7.99. The summed E-state index contributed by atoms with van der Waals surface area (Å²) in [6.45, 7) is 2.32. The molecule has 41 heavy (non-hydrogen) atoms. The number of carbonyl (C=O) groups is 3. The Hall–Kier alpha value is -3.70. The second-order valence-electron chi connectivity index (χ2n) is 9.87. The third-order valence-corrected chi connectivity index (χ3v) is 8.05. The first-order valence-corrected chi connectivity index (χ1v) is 14.3. The lowest BCUT2D eigenvalue weighted by Crippen LogP contribution is -2.38. The molecule has 1 amide bonds. The van der Waals surface area contributed by atoms with Crippen LogP contribution in [0.1, 0.15) is 64.8 Å². The van der Waals surface area contributed by atoms with E-state index in [1.54, 1.807) is 36.0 Å². The van der Waals surface area contributed by atoms with E-state index in [0.717, 1.165) is 27.1 Å². The maximum absolute atomic E-state index is 11.9. The van der Waals surface area contributed by atoms with E-state index in [1.165, 1.54) is 0 Å². The van der Waals surface area contributed by atoms with E-state index in [0.29, 0.717) is 5.75 Å². The van der Waals surface area contributed by atoms with E-state index >= 15 is 0 Å². The normalized spacial score (nSPS) is 20.3. The van der Waals surface area contributed by atoms with Crippen molar-refractivity contribution in [3.05, 3.63) is 101 Å². The van der Waals surface area contributed by atoms with Crippen LogP contribution >= 0.6 is 11.8 Å². The fourth-order valence-corrected chi connectivity index (χ4v) is 5.55. The fourth-order valence-electron chi connectivity index (χ4n) is 4.48. The molecule has 0 saturated carbocycles. The summed E-state index contributed by atoms with van der Waals surface area (Å²) in [6.07, 6.45) is -1.38. The molecule has 0 radical (unpaired) electrons. The van der Waals surface area contributed by atoms with Crippen molar-refractivity contribution in [2.24, 2.45) is 5.92 Å². The standard InChI is InChI=1S/C31H33NO8S/c1-19-26(18-41-25-12-10-23(11-13-25)30(37)38)39-31(40-29(19)22-6-4-21(17-33)5-7-22)24-8-2-20(3-9-24)16-32-27(34)14-15-28(35)36/h2-13,19,26,29,31,33H,14-18H2,1H3,(H,32,34)(H,35,36)(H,37,38). The second-order valence-corrected chi connectivity index (χ2v) is 11.0. The van der Waals surface area contributed by atoms with E-state index in [9.17, 15) is 24.6 Å². The van der Waals surface area contributed by atoms with E-state index in [2.05, 4.69) is 12.2 Å². The molecule has 4 N–H and O–H groups in total. The predicted molar refractivity (Wildman–Crippen MR) is 152 cm³/mol. The summed E-state index contributed by atoms with van der Waals surface area (Å²) in [4.78, 5) is 34.7. The van der Waals surface area contributed by atoms with Crippen molar-refractivity contribution in [2.75, 3.05) is 5.75 Å². The Balaban J connectivity index is 1.47. The summed E-state index contributed by atoms with van der Waals surface area (Å²) in [5.41, 5.74) is 3.70.